The Balaban J connectivity index is 2.26. The van der Waals surface area contributed by atoms with E-state index in [1.54, 1.807) is 43.3 Å². The Kier molecular flexibility index (Phi) is 4.77. The van der Waals surface area contributed by atoms with Gasteiger partial charge >= 0.3 is 5.97 Å². The van der Waals surface area contributed by atoms with E-state index in [2.05, 4.69) is 0 Å². The summed E-state index contributed by atoms with van der Waals surface area (Å²) in [6, 6.07) is 9.97. The maximum atomic E-state index is 13.3. The van der Waals surface area contributed by atoms with E-state index in [9.17, 15) is 14.7 Å². The highest BCUT2D eigenvalue weighted by Crippen LogP contribution is 2.39. The molecule has 0 saturated heterocycles. The molecule has 0 saturated carbocycles. The fourth-order valence-corrected chi connectivity index (χ4v) is 3.23. The number of carboxylic acids is 1. The summed E-state index contributed by atoms with van der Waals surface area (Å²) in [6.07, 6.45) is 0. The summed E-state index contributed by atoms with van der Waals surface area (Å²) >= 11 is 0. The third-order valence-corrected chi connectivity index (χ3v) is 4.44. The highest BCUT2D eigenvalue weighted by atomic mass is 16.5. The van der Waals surface area contributed by atoms with Crippen LogP contribution in [0, 0.1) is 6.92 Å². The number of rotatable bonds is 5. The first-order valence-corrected chi connectivity index (χ1v) is 8.12. The van der Waals surface area contributed by atoms with Crippen molar-refractivity contribution in [1.29, 1.82) is 0 Å². The van der Waals surface area contributed by atoms with Crippen LogP contribution in [0.5, 0.6) is 17.2 Å². The molecule has 0 fully saturated rings. The lowest BCUT2D eigenvalue weighted by molar-refractivity contribution is 0.0698. The number of para-hydroxylation sites is 1. The standard InChI is InChI=1S/C20H19NO6/c1-11-17(20(23)24)13-7-5-6-8-14(13)21(11)19(22)12-9-15(25-2)18(27-4)16(10-12)26-3/h5-10H,1-4H3,(H,23,24). The first kappa shape index (κ1) is 18.3. The molecule has 3 aromatic rings. The van der Waals surface area contributed by atoms with Gasteiger partial charge in [-0.1, -0.05) is 18.2 Å². The zero-order valence-electron chi connectivity index (χ0n) is 15.4. The summed E-state index contributed by atoms with van der Waals surface area (Å²) in [7, 11) is 4.40. The average Bonchev–Trinajstić information content (AvgIpc) is 2.97. The lowest BCUT2D eigenvalue weighted by atomic mass is 10.1. The third-order valence-electron chi connectivity index (χ3n) is 4.44. The van der Waals surface area contributed by atoms with E-state index in [1.807, 2.05) is 0 Å². The van der Waals surface area contributed by atoms with E-state index < -0.39 is 11.9 Å². The fraction of sp³-hybridized carbons (Fsp3) is 0.200. The summed E-state index contributed by atoms with van der Waals surface area (Å²) in [4.78, 5) is 25.0. The van der Waals surface area contributed by atoms with Crippen molar-refractivity contribution in [3.63, 3.8) is 0 Å². The minimum absolute atomic E-state index is 0.103. The molecule has 1 N–H and O–H groups in total. The van der Waals surface area contributed by atoms with Crippen molar-refractivity contribution in [1.82, 2.24) is 4.57 Å². The second-order valence-corrected chi connectivity index (χ2v) is 5.84. The first-order valence-electron chi connectivity index (χ1n) is 8.12. The van der Waals surface area contributed by atoms with E-state index >= 15 is 0 Å². The minimum Gasteiger partial charge on any atom is -0.493 e. The predicted octanol–water partition coefficient (Wildman–Crippen LogP) is 3.36. The first-order chi connectivity index (χ1) is 12.9. The third kappa shape index (κ3) is 2.87. The molecule has 27 heavy (non-hydrogen) atoms. The smallest absolute Gasteiger partial charge is 0.338 e. The molecule has 0 radical (unpaired) electrons. The number of carbonyl (C=O) groups excluding carboxylic acids is 1. The number of aromatic nitrogens is 1. The highest BCUT2D eigenvalue weighted by Gasteiger charge is 2.25. The van der Waals surface area contributed by atoms with Gasteiger partial charge in [0.15, 0.2) is 11.5 Å². The molecule has 1 aromatic heterocycles. The van der Waals surface area contributed by atoms with Crippen molar-refractivity contribution in [2.45, 2.75) is 6.92 Å². The Bertz CT molecular complexity index is 1030. The molecule has 0 bridgehead atoms. The largest absolute Gasteiger partial charge is 0.493 e. The Labute approximate surface area is 155 Å². The number of fused-ring (bicyclic) bond motifs is 1. The van der Waals surface area contributed by atoms with Crippen LogP contribution in [-0.4, -0.2) is 42.9 Å². The number of carbonyl (C=O) groups is 2. The van der Waals surface area contributed by atoms with Gasteiger partial charge in [-0.3, -0.25) is 9.36 Å². The summed E-state index contributed by atoms with van der Waals surface area (Å²) in [5.74, 6) is -0.423. The molecule has 0 aliphatic heterocycles. The van der Waals surface area contributed by atoms with Crippen LogP contribution in [-0.2, 0) is 0 Å². The molecular weight excluding hydrogens is 350 g/mol. The predicted molar refractivity (Wildman–Crippen MR) is 99.5 cm³/mol. The van der Waals surface area contributed by atoms with Crippen LogP contribution in [0.15, 0.2) is 36.4 Å². The molecule has 2 aromatic carbocycles. The zero-order chi connectivity index (χ0) is 19.7. The van der Waals surface area contributed by atoms with Crippen LogP contribution in [0.1, 0.15) is 26.4 Å². The van der Waals surface area contributed by atoms with Crippen molar-refractivity contribution >= 4 is 22.8 Å². The normalized spacial score (nSPS) is 10.7. The molecule has 3 rings (SSSR count). The van der Waals surface area contributed by atoms with Crippen molar-refractivity contribution in [2.75, 3.05) is 21.3 Å². The monoisotopic (exact) mass is 369 g/mol. The van der Waals surface area contributed by atoms with E-state index in [0.29, 0.717) is 33.8 Å². The number of methoxy groups -OCH3 is 3. The Morgan fingerprint density at radius 3 is 2.07 bits per heavy atom. The van der Waals surface area contributed by atoms with Gasteiger partial charge in [0, 0.05) is 16.6 Å². The summed E-state index contributed by atoms with van der Waals surface area (Å²) in [5.41, 5.74) is 1.25. The van der Waals surface area contributed by atoms with Crippen molar-refractivity contribution in [3.8, 4) is 17.2 Å². The lowest BCUT2D eigenvalue weighted by Gasteiger charge is -2.14. The Hall–Kier alpha value is -3.48. The van der Waals surface area contributed by atoms with Gasteiger partial charge in [0.1, 0.15) is 0 Å². The number of hydrogen-bond donors (Lipinski definition) is 1. The number of carboxylic acid groups (broad SMARTS) is 1. The van der Waals surface area contributed by atoms with Crippen molar-refractivity contribution < 1.29 is 28.9 Å². The van der Waals surface area contributed by atoms with E-state index in [4.69, 9.17) is 14.2 Å². The van der Waals surface area contributed by atoms with Crippen LogP contribution in [0.4, 0.5) is 0 Å². The SMILES string of the molecule is COc1cc(C(=O)n2c(C)c(C(=O)O)c3ccccc32)cc(OC)c1OC. The zero-order valence-corrected chi connectivity index (χ0v) is 15.4. The van der Waals surface area contributed by atoms with Gasteiger partial charge in [-0.2, -0.15) is 0 Å². The van der Waals surface area contributed by atoms with Gasteiger partial charge in [0.25, 0.3) is 5.91 Å². The van der Waals surface area contributed by atoms with E-state index in [-0.39, 0.29) is 11.1 Å². The summed E-state index contributed by atoms with van der Waals surface area (Å²) < 4.78 is 17.3. The van der Waals surface area contributed by atoms with Crippen molar-refractivity contribution in [3.05, 3.63) is 53.2 Å². The molecule has 7 nitrogen and oxygen atoms in total. The Morgan fingerprint density at radius 1 is 0.963 bits per heavy atom. The number of ether oxygens (including phenoxy) is 3. The molecular formula is C20H19NO6. The molecule has 1 heterocycles. The number of nitrogens with zero attached hydrogens (tertiary/aromatic N) is 1. The summed E-state index contributed by atoms with van der Waals surface area (Å²) in [6.45, 7) is 1.61. The van der Waals surface area contributed by atoms with Crippen LogP contribution < -0.4 is 14.2 Å². The van der Waals surface area contributed by atoms with Gasteiger partial charge in [0.2, 0.25) is 5.75 Å². The van der Waals surface area contributed by atoms with Crippen LogP contribution in [0.3, 0.4) is 0 Å². The second-order valence-electron chi connectivity index (χ2n) is 5.84. The van der Waals surface area contributed by atoms with Gasteiger partial charge in [-0.15, -0.1) is 0 Å². The number of aromatic carboxylic acids is 1. The number of benzene rings is 2. The van der Waals surface area contributed by atoms with Crippen molar-refractivity contribution in [2.24, 2.45) is 0 Å². The van der Waals surface area contributed by atoms with Gasteiger partial charge in [-0.05, 0) is 25.1 Å². The van der Waals surface area contributed by atoms with E-state index in [0.717, 1.165) is 0 Å². The summed E-state index contributed by atoms with van der Waals surface area (Å²) in [5, 5.41) is 10.1. The van der Waals surface area contributed by atoms with Gasteiger partial charge in [0.05, 0.1) is 32.4 Å². The van der Waals surface area contributed by atoms with Gasteiger partial charge < -0.3 is 19.3 Å². The van der Waals surface area contributed by atoms with E-state index in [1.165, 1.54) is 25.9 Å². The average molecular weight is 369 g/mol. The van der Waals surface area contributed by atoms with Gasteiger partial charge in [-0.25, -0.2) is 4.79 Å². The number of hydrogen-bond acceptors (Lipinski definition) is 5. The molecule has 0 atom stereocenters. The maximum Gasteiger partial charge on any atom is 0.338 e. The molecule has 0 spiro atoms. The molecule has 0 aliphatic rings. The highest BCUT2D eigenvalue weighted by molar-refractivity contribution is 6.11. The van der Waals surface area contributed by atoms with Crippen LogP contribution >= 0.6 is 0 Å². The molecule has 0 amide bonds. The minimum atomic E-state index is -1.08. The topological polar surface area (TPSA) is 87.0 Å². The molecule has 0 aliphatic carbocycles. The molecule has 0 unspecified atom stereocenters. The molecule has 140 valence electrons. The lowest BCUT2D eigenvalue weighted by Crippen LogP contribution is -2.15. The maximum absolute atomic E-state index is 13.3. The fourth-order valence-electron chi connectivity index (χ4n) is 3.23. The molecule has 7 heteroatoms. The second kappa shape index (κ2) is 7.03. The Morgan fingerprint density at radius 2 is 1.56 bits per heavy atom. The van der Waals surface area contributed by atoms with Crippen LogP contribution in [0.25, 0.3) is 10.9 Å². The van der Waals surface area contributed by atoms with Crippen LogP contribution in [0.2, 0.25) is 0 Å². The quantitative estimate of drug-likeness (QED) is 0.742.